The molecule has 2 unspecified atom stereocenters. The highest BCUT2D eigenvalue weighted by Gasteiger charge is 2.23. The topological polar surface area (TPSA) is 53.1 Å². The molecule has 0 saturated carbocycles. The van der Waals surface area contributed by atoms with Gasteiger partial charge in [-0.15, -0.1) is 0 Å². The summed E-state index contributed by atoms with van der Waals surface area (Å²) in [5.74, 6) is 0. The van der Waals surface area contributed by atoms with Gasteiger partial charge in [0.05, 0.1) is 11.8 Å². The van der Waals surface area contributed by atoms with E-state index in [9.17, 15) is 0 Å². The lowest BCUT2D eigenvalue weighted by Crippen LogP contribution is -2.30. The quantitative estimate of drug-likeness (QED) is 0.724. The smallest absolute Gasteiger partial charge is 0.0872 e. The van der Waals surface area contributed by atoms with Crippen LogP contribution in [0.15, 0.2) is 6.20 Å². The lowest BCUT2D eigenvalue weighted by molar-refractivity contribution is 0.00629. The Morgan fingerprint density at radius 1 is 1.64 bits per heavy atom. The second kappa shape index (κ2) is 3.71. The van der Waals surface area contributed by atoms with Crippen molar-refractivity contribution in [2.45, 2.75) is 31.9 Å². The molecular weight excluding hydrogens is 178 g/mol. The van der Waals surface area contributed by atoms with E-state index in [0.29, 0.717) is 0 Å². The molecule has 0 aliphatic carbocycles. The van der Waals surface area contributed by atoms with Crippen molar-refractivity contribution >= 4 is 0 Å². The third kappa shape index (κ3) is 1.81. The van der Waals surface area contributed by atoms with Crippen molar-refractivity contribution in [1.29, 1.82) is 0 Å². The normalized spacial score (nSPS) is 27.9. The van der Waals surface area contributed by atoms with E-state index in [0.717, 1.165) is 25.1 Å². The van der Waals surface area contributed by atoms with Crippen LogP contribution in [0, 0.1) is 6.92 Å². The van der Waals surface area contributed by atoms with E-state index in [-0.39, 0.29) is 12.1 Å². The molecule has 0 amide bonds. The summed E-state index contributed by atoms with van der Waals surface area (Å²) in [6, 6.07) is 0.272. The predicted molar refractivity (Wildman–Crippen MR) is 53.8 cm³/mol. The van der Waals surface area contributed by atoms with Gasteiger partial charge in [-0.25, -0.2) is 0 Å². The van der Waals surface area contributed by atoms with Gasteiger partial charge in [-0.05, 0) is 19.8 Å². The first-order valence-corrected chi connectivity index (χ1v) is 5.04. The fourth-order valence-corrected chi connectivity index (χ4v) is 1.97. The molecule has 0 spiro atoms. The van der Waals surface area contributed by atoms with Crippen LogP contribution in [0.3, 0.4) is 0 Å². The molecule has 4 nitrogen and oxygen atoms in total. The van der Waals surface area contributed by atoms with Crippen LogP contribution >= 0.6 is 0 Å². The number of hydrogen-bond acceptors (Lipinski definition) is 3. The average molecular weight is 195 g/mol. The largest absolute Gasteiger partial charge is 0.373 e. The average Bonchev–Trinajstić information content (AvgIpc) is 2.45. The SMILES string of the molecule is Cc1nn(C)cc1C1CC(N)CCO1. The first-order valence-electron chi connectivity index (χ1n) is 5.04. The molecule has 1 aromatic heterocycles. The van der Waals surface area contributed by atoms with E-state index in [4.69, 9.17) is 10.5 Å². The number of nitrogens with zero attached hydrogens (tertiary/aromatic N) is 2. The fraction of sp³-hybridized carbons (Fsp3) is 0.700. The summed E-state index contributed by atoms with van der Waals surface area (Å²) in [6.07, 6.45) is 4.05. The molecule has 1 aliphatic heterocycles. The fourth-order valence-electron chi connectivity index (χ4n) is 1.97. The number of hydrogen-bond donors (Lipinski definition) is 1. The van der Waals surface area contributed by atoms with Crippen LogP contribution in [-0.4, -0.2) is 22.4 Å². The lowest BCUT2D eigenvalue weighted by atomic mass is 9.99. The summed E-state index contributed by atoms with van der Waals surface area (Å²) in [7, 11) is 1.93. The Morgan fingerprint density at radius 2 is 2.43 bits per heavy atom. The molecule has 1 fully saturated rings. The van der Waals surface area contributed by atoms with Crippen LogP contribution in [-0.2, 0) is 11.8 Å². The minimum atomic E-state index is 0.146. The van der Waals surface area contributed by atoms with Crippen LogP contribution < -0.4 is 5.73 Å². The summed E-state index contributed by atoms with van der Waals surface area (Å²) in [4.78, 5) is 0. The van der Waals surface area contributed by atoms with Gasteiger partial charge in [-0.1, -0.05) is 0 Å². The Hall–Kier alpha value is -0.870. The number of rotatable bonds is 1. The van der Waals surface area contributed by atoms with Crippen molar-refractivity contribution in [3.63, 3.8) is 0 Å². The number of nitrogens with two attached hydrogens (primary N) is 1. The highest BCUT2D eigenvalue weighted by molar-refractivity contribution is 5.19. The van der Waals surface area contributed by atoms with Crippen molar-refractivity contribution < 1.29 is 4.74 Å². The molecule has 2 heterocycles. The van der Waals surface area contributed by atoms with Gasteiger partial charge in [-0.2, -0.15) is 5.10 Å². The molecular formula is C10H17N3O. The van der Waals surface area contributed by atoms with E-state index < -0.39 is 0 Å². The first-order chi connectivity index (χ1) is 6.66. The van der Waals surface area contributed by atoms with Gasteiger partial charge in [0.2, 0.25) is 0 Å². The van der Waals surface area contributed by atoms with Gasteiger partial charge < -0.3 is 10.5 Å². The van der Waals surface area contributed by atoms with Gasteiger partial charge >= 0.3 is 0 Å². The van der Waals surface area contributed by atoms with Gasteiger partial charge in [-0.3, -0.25) is 4.68 Å². The molecule has 2 N–H and O–H groups in total. The Kier molecular flexibility index (Phi) is 2.56. The molecule has 0 radical (unpaired) electrons. The molecule has 1 saturated heterocycles. The first kappa shape index (κ1) is 9.68. The zero-order chi connectivity index (χ0) is 10.1. The van der Waals surface area contributed by atoms with Crippen molar-refractivity contribution in [3.05, 3.63) is 17.5 Å². The highest BCUT2D eigenvalue weighted by atomic mass is 16.5. The molecule has 2 atom stereocenters. The van der Waals surface area contributed by atoms with Crippen molar-refractivity contribution in [2.24, 2.45) is 12.8 Å². The molecule has 1 aromatic rings. The van der Waals surface area contributed by atoms with Gasteiger partial charge in [0.1, 0.15) is 0 Å². The standard InChI is InChI=1S/C10H17N3O/c1-7-9(6-13(2)12-7)10-5-8(11)3-4-14-10/h6,8,10H,3-5,11H2,1-2H3. The van der Waals surface area contributed by atoms with Gasteiger partial charge in [0.25, 0.3) is 0 Å². The number of aryl methyl sites for hydroxylation is 2. The van der Waals surface area contributed by atoms with Crippen LogP contribution in [0.4, 0.5) is 0 Å². The van der Waals surface area contributed by atoms with E-state index in [1.54, 1.807) is 0 Å². The highest BCUT2D eigenvalue weighted by Crippen LogP contribution is 2.28. The molecule has 78 valence electrons. The monoisotopic (exact) mass is 195 g/mol. The van der Waals surface area contributed by atoms with Gasteiger partial charge in [0, 0.05) is 31.5 Å². The van der Waals surface area contributed by atoms with Crippen molar-refractivity contribution in [2.75, 3.05) is 6.61 Å². The third-order valence-electron chi connectivity index (χ3n) is 2.72. The van der Waals surface area contributed by atoms with Crippen LogP contribution in [0.1, 0.15) is 30.2 Å². The summed E-state index contributed by atoms with van der Waals surface area (Å²) < 4.78 is 7.52. The minimum Gasteiger partial charge on any atom is -0.373 e. The Balaban J connectivity index is 2.17. The maximum absolute atomic E-state index is 5.91. The van der Waals surface area contributed by atoms with Crippen molar-refractivity contribution in [3.8, 4) is 0 Å². The summed E-state index contributed by atoms with van der Waals surface area (Å²) >= 11 is 0. The molecule has 14 heavy (non-hydrogen) atoms. The number of aromatic nitrogens is 2. The minimum absolute atomic E-state index is 0.146. The summed E-state index contributed by atoms with van der Waals surface area (Å²) in [5, 5.41) is 4.31. The van der Waals surface area contributed by atoms with Crippen LogP contribution in [0.2, 0.25) is 0 Å². The maximum atomic E-state index is 5.91. The van der Waals surface area contributed by atoms with Gasteiger partial charge in [0.15, 0.2) is 0 Å². The second-order valence-corrected chi connectivity index (χ2v) is 3.99. The van der Waals surface area contributed by atoms with Crippen LogP contribution in [0.5, 0.6) is 0 Å². The predicted octanol–water partition coefficient (Wildman–Crippen LogP) is 0.907. The molecule has 2 rings (SSSR count). The van der Waals surface area contributed by atoms with Crippen LogP contribution in [0.25, 0.3) is 0 Å². The van der Waals surface area contributed by atoms with Crippen molar-refractivity contribution in [1.82, 2.24) is 9.78 Å². The molecule has 4 heteroatoms. The summed E-state index contributed by atoms with van der Waals surface area (Å²) in [6.45, 7) is 2.78. The Labute approximate surface area is 84.0 Å². The zero-order valence-corrected chi connectivity index (χ0v) is 8.73. The summed E-state index contributed by atoms with van der Waals surface area (Å²) in [5.41, 5.74) is 8.14. The second-order valence-electron chi connectivity index (χ2n) is 3.99. The maximum Gasteiger partial charge on any atom is 0.0872 e. The van der Waals surface area contributed by atoms with E-state index in [1.807, 2.05) is 24.9 Å². The third-order valence-corrected chi connectivity index (χ3v) is 2.72. The van der Waals surface area contributed by atoms with E-state index in [1.165, 1.54) is 5.56 Å². The number of ether oxygens (including phenoxy) is 1. The molecule has 0 bridgehead atoms. The molecule has 0 aromatic carbocycles. The zero-order valence-electron chi connectivity index (χ0n) is 8.73. The molecule has 1 aliphatic rings. The Morgan fingerprint density at radius 3 is 3.00 bits per heavy atom. The van der Waals surface area contributed by atoms with E-state index in [2.05, 4.69) is 5.10 Å². The lowest BCUT2D eigenvalue weighted by Gasteiger charge is -2.26. The van der Waals surface area contributed by atoms with E-state index >= 15 is 0 Å². The Bertz CT molecular complexity index is 321.